The molecule has 2 aliphatic heterocycles. The molecule has 0 atom stereocenters. The molecule has 0 saturated carbocycles. The van der Waals surface area contributed by atoms with Crippen molar-refractivity contribution in [1.82, 2.24) is 0 Å². The van der Waals surface area contributed by atoms with Crippen LogP contribution >= 0.6 is 0 Å². The van der Waals surface area contributed by atoms with Gasteiger partial charge in [0.05, 0.1) is 19.8 Å². The van der Waals surface area contributed by atoms with Crippen molar-refractivity contribution < 1.29 is 23.7 Å². The number of rotatable bonds is 2. The summed E-state index contributed by atoms with van der Waals surface area (Å²) in [5.74, 6) is -1.13. The summed E-state index contributed by atoms with van der Waals surface area (Å²) in [7, 11) is 0. The zero-order chi connectivity index (χ0) is 12.5. The first-order chi connectivity index (χ1) is 7.96. The van der Waals surface area contributed by atoms with Crippen LogP contribution in [0.15, 0.2) is 11.8 Å². The van der Waals surface area contributed by atoms with Crippen molar-refractivity contribution in [3.8, 4) is 0 Å². The maximum absolute atomic E-state index is 11.7. The van der Waals surface area contributed by atoms with Crippen LogP contribution in [0.4, 0.5) is 0 Å². The molecule has 2 rings (SSSR count). The topological polar surface area (TPSA) is 54.0 Å². The van der Waals surface area contributed by atoms with Crippen molar-refractivity contribution in [2.45, 2.75) is 38.6 Å². The summed E-state index contributed by atoms with van der Waals surface area (Å²) >= 11 is 0. The molecule has 0 N–H and O–H groups in total. The molecule has 0 unspecified atom stereocenters. The minimum absolute atomic E-state index is 0.171. The average Bonchev–Trinajstić information content (AvgIpc) is 2.63. The number of esters is 1. The van der Waals surface area contributed by atoms with Crippen LogP contribution in [0.2, 0.25) is 0 Å². The zero-order valence-electron chi connectivity index (χ0n) is 10.4. The Balaban J connectivity index is 2.24. The van der Waals surface area contributed by atoms with E-state index in [1.54, 1.807) is 13.0 Å². The molecule has 5 nitrogen and oxygen atoms in total. The Kier molecular flexibility index (Phi) is 3.14. The summed E-state index contributed by atoms with van der Waals surface area (Å²) in [5, 5.41) is 0. The lowest BCUT2D eigenvalue weighted by atomic mass is 9.94. The Hall–Kier alpha value is -1.07. The monoisotopic (exact) mass is 242 g/mol. The van der Waals surface area contributed by atoms with Crippen molar-refractivity contribution in [2.75, 3.05) is 19.8 Å². The van der Waals surface area contributed by atoms with Crippen LogP contribution in [0.3, 0.4) is 0 Å². The van der Waals surface area contributed by atoms with Crippen molar-refractivity contribution in [3.05, 3.63) is 11.8 Å². The van der Waals surface area contributed by atoms with Gasteiger partial charge in [0.1, 0.15) is 5.60 Å². The lowest BCUT2D eigenvalue weighted by Crippen LogP contribution is -2.44. The first kappa shape index (κ1) is 12.4. The van der Waals surface area contributed by atoms with Gasteiger partial charge in [-0.1, -0.05) is 0 Å². The second kappa shape index (κ2) is 4.31. The third kappa shape index (κ3) is 2.61. The zero-order valence-corrected chi connectivity index (χ0v) is 10.4. The molecule has 96 valence electrons. The van der Waals surface area contributed by atoms with Crippen LogP contribution in [-0.2, 0) is 23.7 Å². The summed E-state index contributed by atoms with van der Waals surface area (Å²) in [6.45, 7) is 6.92. The lowest BCUT2D eigenvalue weighted by Gasteiger charge is -2.39. The molecule has 17 heavy (non-hydrogen) atoms. The second-order valence-corrected chi connectivity index (χ2v) is 4.78. The predicted octanol–water partition coefficient (Wildman–Crippen LogP) is 1.38. The van der Waals surface area contributed by atoms with Crippen molar-refractivity contribution >= 4 is 5.97 Å². The highest BCUT2D eigenvalue weighted by atomic mass is 16.7. The molecule has 2 aliphatic rings. The third-order valence-corrected chi connectivity index (χ3v) is 2.66. The molecule has 5 heteroatoms. The molecule has 0 amide bonds. The van der Waals surface area contributed by atoms with Crippen LogP contribution < -0.4 is 0 Å². The normalized spacial score (nSPS) is 25.2. The number of hydrogen-bond donors (Lipinski definition) is 0. The highest BCUT2D eigenvalue weighted by Crippen LogP contribution is 2.38. The van der Waals surface area contributed by atoms with Gasteiger partial charge in [-0.05, 0) is 20.8 Å². The first-order valence-corrected chi connectivity index (χ1v) is 5.83. The standard InChI is InChI=1S/C12H18O5/c1-4-14-10(13)9-7-12(15-5-6-16-12)8-11(2,3)17-9/h7H,4-6,8H2,1-3H3. The number of hydrogen-bond acceptors (Lipinski definition) is 5. The van der Waals surface area contributed by atoms with Gasteiger partial charge >= 0.3 is 5.97 Å². The van der Waals surface area contributed by atoms with Gasteiger partial charge in [-0.25, -0.2) is 4.79 Å². The fourth-order valence-electron chi connectivity index (χ4n) is 2.17. The van der Waals surface area contributed by atoms with Crippen molar-refractivity contribution in [2.24, 2.45) is 0 Å². The molecule has 0 aliphatic carbocycles. The minimum Gasteiger partial charge on any atom is -0.480 e. The predicted molar refractivity (Wildman–Crippen MR) is 59.1 cm³/mol. The van der Waals surface area contributed by atoms with Gasteiger partial charge in [0.15, 0.2) is 5.79 Å². The van der Waals surface area contributed by atoms with Crippen molar-refractivity contribution in [1.29, 1.82) is 0 Å². The number of carbonyl (C=O) groups is 1. The van der Waals surface area contributed by atoms with E-state index >= 15 is 0 Å². The maximum atomic E-state index is 11.7. The molecule has 0 aromatic rings. The molecule has 0 bridgehead atoms. The van der Waals surface area contributed by atoms with Gasteiger partial charge in [-0.3, -0.25) is 0 Å². The Labute approximate surface area is 101 Å². The summed E-state index contributed by atoms with van der Waals surface area (Å²) in [5.41, 5.74) is -0.513. The van der Waals surface area contributed by atoms with Gasteiger partial charge in [0.2, 0.25) is 5.76 Å². The number of ether oxygens (including phenoxy) is 4. The molecule has 1 spiro atoms. The van der Waals surface area contributed by atoms with Gasteiger partial charge in [-0.15, -0.1) is 0 Å². The van der Waals surface area contributed by atoms with Gasteiger partial charge < -0.3 is 18.9 Å². The van der Waals surface area contributed by atoms with Crippen LogP contribution in [0.5, 0.6) is 0 Å². The summed E-state index contributed by atoms with van der Waals surface area (Å²) in [6, 6.07) is 0. The fraction of sp³-hybridized carbons (Fsp3) is 0.750. The van der Waals surface area contributed by atoms with Crippen LogP contribution in [-0.4, -0.2) is 37.2 Å². The molecule has 1 saturated heterocycles. The van der Waals surface area contributed by atoms with E-state index < -0.39 is 17.4 Å². The summed E-state index contributed by atoms with van der Waals surface area (Å²) in [4.78, 5) is 11.7. The Morgan fingerprint density at radius 2 is 2.06 bits per heavy atom. The third-order valence-electron chi connectivity index (χ3n) is 2.66. The van der Waals surface area contributed by atoms with E-state index in [-0.39, 0.29) is 5.76 Å². The largest absolute Gasteiger partial charge is 0.480 e. The molecular weight excluding hydrogens is 224 g/mol. The van der Waals surface area contributed by atoms with Crippen molar-refractivity contribution in [3.63, 3.8) is 0 Å². The van der Waals surface area contributed by atoms with Crippen LogP contribution in [0.1, 0.15) is 27.2 Å². The highest BCUT2D eigenvalue weighted by molar-refractivity contribution is 5.86. The van der Waals surface area contributed by atoms with Gasteiger partial charge in [0, 0.05) is 12.5 Å². The van der Waals surface area contributed by atoms with E-state index in [0.29, 0.717) is 26.2 Å². The summed E-state index contributed by atoms with van der Waals surface area (Å²) < 4.78 is 21.7. The molecule has 0 radical (unpaired) electrons. The van der Waals surface area contributed by atoms with E-state index in [4.69, 9.17) is 18.9 Å². The molecular formula is C12H18O5. The summed E-state index contributed by atoms with van der Waals surface area (Å²) in [6.07, 6.45) is 2.14. The SMILES string of the molecule is CCOC(=O)C1=CC2(CC(C)(C)O1)OCCO2. The van der Waals surface area contributed by atoms with Gasteiger partial charge in [0.25, 0.3) is 0 Å². The van der Waals surface area contributed by atoms with E-state index in [1.165, 1.54) is 0 Å². The van der Waals surface area contributed by atoms with E-state index in [9.17, 15) is 4.79 Å². The Bertz CT molecular complexity index is 339. The van der Waals surface area contributed by atoms with Crippen LogP contribution in [0.25, 0.3) is 0 Å². The number of carbonyl (C=O) groups excluding carboxylic acids is 1. The van der Waals surface area contributed by atoms with E-state index in [1.807, 2.05) is 13.8 Å². The quantitative estimate of drug-likeness (QED) is 0.685. The van der Waals surface area contributed by atoms with E-state index in [0.717, 1.165) is 0 Å². The molecule has 0 aromatic heterocycles. The minimum atomic E-state index is -0.830. The first-order valence-electron chi connectivity index (χ1n) is 5.83. The van der Waals surface area contributed by atoms with E-state index in [2.05, 4.69) is 0 Å². The second-order valence-electron chi connectivity index (χ2n) is 4.78. The van der Waals surface area contributed by atoms with Crippen LogP contribution in [0, 0.1) is 0 Å². The molecule has 2 heterocycles. The fourth-order valence-corrected chi connectivity index (χ4v) is 2.17. The smallest absolute Gasteiger partial charge is 0.373 e. The average molecular weight is 242 g/mol. The molecule has 1 fully saturated rings. The lowest BCUT2D eigenvalue weighted by molar-refractivity contribution is -0.183. The van der Waals surface area contributed by atoms with Gasteiger partial charge in [-0.2, -0.15) is 0 Å². The Morgan fingerprint density at radius 3 is 2.65 bits per heavy atom. The highest BCUT2D eigenvalue weighted by Gasteiger charge is 2.46. The Morgan fingerprint density at radius 1 is 1.41 bits per heavy atom. The molecule has 0 aromatic carbocycles. The maximum Gasteiger partial charge on any atom is 0.373 e.